The Hall–Kier alpha value is -4.77. The number of imidazole rings is 1. The van der Waals surface area contributed by atoms with Crippen molar-refractivity contribution in [2.24, 2.45) is 0 Å². The molecule has 8 N–H and O–H groups in total. The van der Waals surface area contributed by atoms with Crippen LogP contribution in [0.3, 0.4) is 0 Å². The number of hydrogen-bond acceptors (Lipinski definition) is 10. The van der Waals surface area contributed by atoms with Gasteiger partial charge in [-0.3, -0.25) is 0 Å². The minimum atomic E-state index is -1.82. The van der Waals surface area contributed by atoms with E-state index in [9.17, 15) is 0 Å². The van der Waals surface area contributed by atoms with Crippen molar-refractivity contribution in [3.8, 4) is 0 Å². The molecule has 17 nitrogen and oxygen atoms in total. The zero-order valence-electron chi connectivity index (χ0n) is 21.5. The summed E-state index contributed by atoms with van der Waals surface area (Å²) in [5, 5.41) is 51.5. The van der Waals surface area contributed by atoms with Crippen molar-refractivity contribution in [3.05, 3.63) is 24.3 Å². The van der Waals surface area contributed by atoms with Crippen LogP contribution in [0.2, 0.25) is 0 Å². The normalized spacial score (nSPS) is 13.9. The first-order valence-corrected chi connectivity index (χ1v) is 11.7. The van der Waals surface area contributed by atoms with Crippen molar-refractivity contribution in [2.45, 2.75) is 38.8 Å². The summed E-state index contributed by atoms with van der Waals surface area (Å²) in [5.41, 5.74) is 2.23. The van der Waals surface area contributed by atoms with Gasteiger partial charge in [0.1, 0.15) is 0 Å². The minimum Gasteiger partial charge on any atom is -0.473 e. The van der Waals surface area contributed by atoms with Gasteiger partial charge in [-0.25, -0.2) is 33.8 Å². The van der Waals surface area contributed by atoms with E-state index in [1.54, 1.807) is 0 Å². The van der Waals surface area contributed by atoms with Gasteiger partial charge in [-0.1, -0.05) is 12.1 Å². The quantitative estimate of drug-likeness (QED) is 0.168. The number of carbonyl (C=O) groups is 6. The van der Waals surface area contributed by atoms with Gasteiger partial charge in [0.25, 0.3) is 0 Å². The molecule has 17 heteroatoms. The third-order valence-corrected chi connectivity index (χ3v) is 4.78. The Morgan fingerprint density at radius 1 is 0.875 bits per heavy atom. The lowest BCUT2D eigenvalue weighted by molar-refractivity contribution is -0.159. The largest absolute Gasteiger partial charge is 0.473 e. The molecule has 1 aromatic heterocycles. The van der Waals surface area contributed by atoms with Crippen LogP contribution in [0.25, 0.3) is 11.0 Å². The van der Waals surface area contributed by atoms with Crippen molar-refractivity contribution in [1.82, 2.24) is 14.9 Å². The number of anilines is 1. The predicted octanol–water partition coefficient (Wildman–Crippen LogP) is 0.0936. The highest BCUT2D eigenvalue weighted by Gasteiger charge is 2.16. The highest BCUT2D eigenvalue weighted by atomic mass is 16.5. The van der Waals surface area contributed by atoms with Gasteiger partial charge in [-0.2, -0.15) is 0 Å². The highest BCUT2D eigenvalue weighted by molar-refractivity contribution is 6.28. The molecule has 2 aromatic rings. The van der Waals surface area contributed by atoms with Crippen LogP contribution in [0.5, 0.6) is 0 Å². The van der Waals surface area contributed by atoms with Crippen molar-refractivity contribution in [3.63, 3.8) is 0 Å². The van der Waals surface area contributed by atoms with E-state index < -0.39 is 35.8 Å². The number of carboxylic acids is 6. The first kappa shape index (κ1) is 35.2. The van der Waals surface area contributed by atoms with E-state index in [2.05, 4.69) is 33.4 Å². The number of fused-ring (bicyclic) bond motifs is 1. The molecule has 1 aromatic carbocycles. The number of para-hydroxylation sites is 2. The zero-order chi connectivity index (χ0) is 30.7. The maximum atomic E-state index is 9.10. The molecule has 0 bridgehead atoms. The molecule has 0 radical (unpaired) electrons. The highest BCUT2D eigenvalue weighted by Crippen LogP contribution is 2.21. The van der Waals surface area contributed by atoms with E-state index in [1.165, 1.54) is 18.4 Å². The molecule has 1 unspecified atom stereocenters. The Kier molecular flexibility index (Phi) is 17.0. The number of aromatic nitrogens is 2. The number of ether oxygens (including phenoxy) is 1. The second-order valence-corrected chi connectivity index (χ2v) is 7.63. The summed E-state index contributed by atoms with van der Waals surface area (Å²) in [6.07, 6.45) is 3.56. The Morgan fingerprint density at radius 3 is 1.90 bits per heavy atom. The Balaban J connectivity index is 0.000000692. The van der Waals surface area contributed by atoms with Gasteiger partial charge < -0.3 is 50.6 Å². The van der Waals surface area contributed by atoms with Gasteiger partial charge in [0.15, 0.2) is 0 Å². The van der Waals surface area contributed by atoms with E-state index in [0.29, 0.717) is 6.04 Å². The molecular weight excluding hydrogens is 540 g/mol. The van der Waals surface area contributed by atoms with E-state index in [1.807, 2.05) is 13.0 Å². The van der Waals surface area contributed by atoms with Crippen LogP contribution in [0.4, 0.5) is 5.95 Å². The van der Waals surface area contributed by atoms with E-state index >= 15 is 0 Å². The maximum absolute atomic E-state index is 9.10. The summed E-state index contributed by atoms with van der Waals surface area (Å²) < 4.78 is 7.79. The van der Waals surface area contributed by atoms with Gasteiger partial charge in [-0.05, 0) is 51.4 Å². The van der Waals surface area contributed by atoms with Gasteiger partial charge in [0.2, 0.25) is 5.95 Å². The van der Waals surface area contributed by atoms with Crippen LogP contribution in [-0.2, 0) is 40.0 Å². The summed E-state index contributed by atoms with van der Waals surface area (Å²) in [4.78, 5) is 59.4. The average molecular weight is 573 g/mol. The zero-order valence-corrected chi connectivity index (χ0v) is 21.5. The second-order valence-electron chi connectivity index (χ2n) is 7.63. The van der Waals surface area contributed by atoms with Crippen LogP contribution in [0.15, 0.2) is 24.3 Å². The topological polar surface area (TPSA) is 275 Å². The molecule has 0 aliphatic carbocycles. The average Bonchev–Trinajstić information content (AvgIpc) is 3.03. The Morgan fingerprint density at radius 2 is 1.40 bits per heavy atom. The van der Waals surface area contributed by atoms with Crippen LogP contribution in [-0.4, -0.2) is 108 Å². The fourth-order valence-electron chi connectivity index (χ4n) is 3.06. The summed E-state index contributed by atoms with van der Waals surface area (Å²) in [6, 6.07) is 8.82. The molecule has 3 rings (SSSR count). The van der Waals surface area contributed by atoms with Gasteiger partial charge in [0.05, 0.1) is 17.6 Å². The third-order valence-electron chi connectivity index (χ3n) is 4.78. The van der Waals surface area contributed by atoms with Gasteiger partial charge >= 0.3 is 35.8 Å². The molecule has 1 fully saturated rings. The number of benzene rings is 1. The fourth-order valence-corrected chi connectivity index (χ4v) is 3.06. The number of nitrogens with one attached hydrogen (secondary N) is 2. The molecule has 1 aliphatic heterocycles. The van der Waals surface area contributed by atoms with Gasteiger partial charge in [-0.15, -0.1) is 0 Å². The van der Waals surface area contributed by atoms with Crippen LogP contribution in [0, 0.1) is 0 Å². The van der Waals surface area contributed by atoms with Crippen molar-refractivity contribution < 1.29 is 64.1 Å². The molecule has 1 aliphatic rings. The number of rotatable bonds is 6. The van der Waals surface area contributed by atoms with Crippen molar-refractivity contribution in [1.29, 1.82) is 0 Å². The SMILES string of the molecule is CCOCCn1c(NC2CCCNCC2)nc2ccccc21.O=C(O)C(=O)O.O=C(O)C(=O)O.O=C(O)C(=O)O. The second kappa shape index (κ2) is 19.3. The molecule has 222 valence electrons. The molecule has 0 saturated carbocycles. The molecule has 1 atom stereocenters. The lowest BCUT2D eigenvalue weighted by atomic mass is 10.1. The first-order chi connectivity index (χ1) is 18.8. The molecule has 0 amide bonds. The third kappa shape index (κ3) is 14.8. The standard InChI is InChI=1S/C17H26N4O.3C2H2O4/c1-2-22-13-12-21-16-8-4-3-7-15(16)20-17(21)19-14-6-5-10-18-11-9-14;3*3-1(4)2(5)6/h3-4,7-8,14,18H,2,5-6,9-13H2,1H3,(H,19,20);3*(H,3,4)(H,5,6). The Labute approximate surface area is 227 Å². The number of aliphatic carboxylic acids is 6. The Bertz CT molecular complexity index is 1050. The summed E-state index contributed by atoms with van der Waals surface area (Å²) in [5.74, 6) is -9.96. The lowest BCUT2D eigenvalue weighted by Gasteiger charge is -2.18. The number of nitrogens with zero attached hydrogens (tertiary/aromatic N) is 2. The van der Waals surface area contributed by atoms with E-state index in [-0.39, 0.29) is 0 Å². The number of hydrogen-bond donors (Lipinski definition) is 8. The smallest absolute Gasteiger partial charge is 0.414 e. The molecule has 0 spiro atoms. The molecule has 1 saturated heterocycles. The van der Waals surface area contributed by atoms with E-state index in [0.717, 1.165) is 50.7 Å². The monoisotopic (exact) mass is 572 g/mol. The first-order valence-electron chi connectivity index (χ1n) is 11.7. The summed E-state index contributed by atoms with van der Waals surface area (Å²) in [6.45, 7) is 6.54. The molecule has 2 heterocycles. The molecule has 40 heavy (non-hydrogen) atoms. The van der Waals surface area contributed by atoms with Crippen molar-refractivity contribution in [2.75, 3.05) is 31.6 Å². The van der Waals surface area contributed by atoms with Crippen LogP contribution >= 0.6 is 0 Å². The minimum absolute atomic E-state index is 0.498. The summed E-state index contributed by atoms with van der Waals surface area (Å²) in [7, 11) is 0. The maximum Gasteiger partial charge on any atom is 0.414 e. The molecular formula is C23H32N4O13. The van der Waals surface area contributed by atoms with Crippen molar-refractivity contribution >= 4 is 52.8 Å². The van der Waals surface area contributed by atoms with Gasteiger partial charge in [0, 0.05) is 19.2 Å². The predicted molar refractivity (Wildman–Crippen MR) is 136 cm³/mol. The summed E-state index contributed by atoms with van der Waals surface area (Å²) >= 11 is 0. The number of carboxylic acid groups (broad SMARTS) is 6. The van der Waals surface area contributed by atoms with E-state index in [4.69, 9.17) is 69.1 Å². The van der Waals surface area contributed by atoms with Crippen LogP contribution < -0.4 is 10.6 Å². The van der Waals surface area contributed by atoms with Crippen LogP contribution in [0.1, 0.15) is 26.2 Å². The fraction of sp³-hybridized carbons (Fsp3) is 0.435. The lowest BCUT2D eigenvalue weighted by Crippen LogP contribution is -2.24.